The molecule has 0 bridgehead atoms. The van der Waals surface area contributed by atoms with Gasteiger partial charge in [-0.25, -0.2) is 9.97 Å². The number of pyridine rings is 1. The molecule has 0 aliphatic carbocycles. The second-order valence-electron chi connectivity index (χ2n) is 8.07. The molecule has 1 saturated heterocycles. The van der Waals surface area contributed by atoms with Gasteiger partial charge in [0.05, 0.1) is 23.2 Å². The van der Waals surface area contributed by atoms with Crippen LogP contribution in [0, 0.1) is 0 Å². The third-order valence-corrected chi connectivity index (χ3v) is 5.99. The zero-order chi connectivity index (χ0) is 20.8. The quantitative estimate of drug-likeness (QED) is 0.765. The van der Waals surface area contributed by atoms with E-state index in [9.17, 15) is 9.59 Å². The highest BCUT2D eigenvalue weighted by Crippen LogP contribution is 2.37. The molecule has 4 rings (SSSR count). The van der Waals surface area contributed by atoms with Gasteiger partial charge in [0.2, 0.25) is 5.91 Å². The number of hydrogen-bond acceptors (Lipinski definition) is 6. The fraction of sp³-hybridized carbons (Fsp3) is 0.450. The first-order chi connectivity index (χ1) is 13.8. The number of halogens is 1. The van der Waals surface area contributed by atoms with Crippen LogP contribution in [0.25, 0.3) is 0 Å². The lowest BCUT2D eigenvalue weighted by Crippen LogP contribution is -2.59. The van der Waals surface area contributed by atoms with E-state index in [-0.39, 0.29) is 29.5 Å². The van der Waals surface area contributed by atoms with Crippen LogP contribution in [-0.2, 0) is 4.79 Å². The van der Waals surface area contributed by atoms with Gasteiger partial charge in [0.15, 0.2) is 5.69 Å². The Morgan fingerprint density at radius 1 is 1.21 bits per heavy atom. The number of piperazine rings is 1. The minimum absolute atomic E-state index is 0.0126. The third-order valence-electron chi connectivity index (χ3n) is 5.77. The van der Waals surface area contributed by atoms with E-state index in [1.807, 2.05) is 4.90 Å². The van der Waals surface area contributed by atoms with Crippen molar-refractivity contribution >= 4 is 29.2 Å². The van der Waals surface area contributed by atoms with Crippen LogP contribution in [0.2, 0.25) is 5.02 Å². The predicted octanol–water partition coefficient (Wildman–Crippen LogP) is 2.17. The number of hydrogen-bond donors (Lipinski definition) is 0. The van der Waals surface area contributed by atoms with Gasteiger partial charge in [-0.05, 0) is 33.0 Å². The molecule has 0 N–H and O–H groups in total. The number of carbonyl (C=O) groups is 2. The fourth-order valence-electron chi connectivity index (χ4n) is 3.85. The van der Waals surface area contributed by atoms with Crippen LogP contribution >= 0.6 is 11.6 Å². The lowest BCUT2D eigenvalue weighted by molar-refractivity contribution is -0.136. The summed E-state index contributed by atoms with van der Waals surface area (Å²) in [5.74, 6) is 0.108. The molecule has 29 heavy (non-hydrogen) atoms. The first-order valence-corrected chi connectivity index (χ1v) is 9.91. The molecule has 0 saturated carbocycles. The SMILES string of the molecule is CN1CCN(C(=O)CC2c3nccnc3C(=O)N2c2ccc(Cl)cn2)CC1(C)C. The van der Waals surface area contributed by atoms with Gasteiger partial charge in [-0.2, -0.15) is 0 Å². The summed E-state index contributed by atoms with van der Waals surface area (Å²) in [6.45, 7) is 6.34. The largest absolute Gasteiger partial charge is 0.340 e. The maximum absolute atomic E-state index is 13.2. The molecular formula is C20H23ClN6O2. The number of nitrogens with zero attached hydrogens (tertiary/aromatic N) is 6. The molecule has 152 valence electrons. The van der Waals surface area contributed by atoms with E-state index >= 15 is 0 Å². The van der Waals surface area contributed by atoms with E-state index in [0.717, 1.165) is 6.54 Å². The molecule has 9 heteroatoms. The van der Waals surface area contributed by atoms with Gasteiger partial charge in [-0.3, -0.25) is 24.4 Å². The average Bonchev–Trinajstić information content (AvgIpc) is 2.97. The van der Waals surface area contributed by atoms with Crippen LogP contribution < -0.4 is 4.90 Å². The molecule has 2 aromatic rings. The number of fused-ring (bicyclic) bond motifs is 1. The van der Waals surface area contributed by atoms with Gasteiger partial charge in [-0.1, -0.05) is 11.6 Å². The van der Waals surface area contributed by atoms with Gasteiger partial charge < -0.3 is 4.90 Å². The summed E-state index contributed by atoms with van der Waals surface area (Å²) >= 11 is 5.95. The molecule has 2 aliphatic rings. The molecule has 2 aromatic heterocycles. The summed E-state index contributed by atoms with van der Waals surface area (Å²) in [5.41, 5.74) is 0.672. The summed E-state index contributed by atoms with van der Waals surface area (Å²) in [5, 5.41) is 0.474. The Kier molecular flexibility index (Phi) is 5.00. The molecule has 4 heterocycles. The first kappa shape index (κ1) is 19.7. The van der Waals surface area contributed by atoms with E-state index in [0.29, 0.717) is 29.6 Å². The normalized spacial score (nSPS) is 21.4. The molecule has 8 nitrogen and oxygen atoms in total. The lowest BCUT2D eigenvalue weighted by Gasteiger charge is -2.45. The summed E-state index contributed by atoms with van der Waals surface area (Å²) in [6.07, 6.45) is 4.64. The van der Waals surface area contributed by atoms with Gasteiger partial charge in [0.25, 0.3) is 5.91 Å². The Morgan fingerprint density at radius 3 is 2.66 bits per heavy atom. The van der Waals surface area contributed by atoms with Crippen molar-refractivity contribution in [1.29, 1.82) is 0 Å². The highest BCUT2D eigenvalue weighted by molar-refractivity contribution is 6.30. The number of carbonyl (C=O) groups excluding carboxylic acids is 2. The second kappa shape index (κ2) is 7.35. The summed E-state index contributed by atoms with van der Waals surface area (Å²) < 4.78 is 0. The van der Waals surface area contributed by atoms with Crippen molar-refractivity contribution in [2.45, 2.75) is 31.8 Å². The summed E-state index contributed by atoms with van der Waals surface area (Å²) in [7, 11) is 2.07. The highest BCUT2D eigenvalue weighted by Gasteiger charge is 2.43. The molecule has 2 amide bonds. The lowest BCUT2D eigenvalue weighted by atomic mass is 9.99. The van der Waals surface area contributed by atoms with E-state index in [2.05, 4.69) is 40.7 Å². The standard InChI is InChI=1S/C20H23ClN6O2/c1-20(2)12-26(9-8-25(20)3)16(28)10-14-17-18(23-7-6-22-17)19(29)27(14)15-5-4-13(21)11-24-15/h4-7,11,14H,8-10,12H2,1-3H3. The first-order valence-electron chi connectivity index (χ1n) is 9.53. The Morgan fingerprint density at radius 2 is 1.97 bits per heavy atom. The van der Waals surface area contributed by atoms with Crippen LogP contribution in [0.4, 0.5) is 5.82 Å². The average molecular weight is 415 g/mol. The zero-order valence-electron chi connectivity index (χ0n) is 16.7. The van der Waals surface area contributed by atoms with Crippen molar-refractivity contribution in [2.24, 2.45) is 0 Å². The van der Waals surface area contributed by atoms with Gasteiger partial charge >= 0.3 is 0 Å². The Labute approximate surface area is 174 Å². The monoisotopic (exact) mass is 414 g/mol. The number of aromatic nitrogens is 3. The number of rotatable bonds is 3. The smallest absolute Gasteiger partial charge is 0.280 e. The van der Waals surface area contributed by atoms with Crippen molar-refractivity contribution in [3.63, 3.8) is 0 Å². The van der Waals surface area contributed by atoms with Gasteiger partial charge in [0.1, 0.15) is 5.82 Å². The number of anilines is 1. The molecule has 0 spiro atoms. The zero-order valence-corrected chi connectivity index (χ0v) is 17.4. The number of likely N-dealkylation sites (N-methyl/N-ethyl adjacent to an activating group) is 1. The van der Waals surface area contributed by atoms with Gasteiger partial charge in [0, 0.05) is 43.8 Å². The Hall–Kier alpha value is -2.58. The van der Waals surface area contributed by atoms with Gasteiger partial charge in [-0.15, -0.1) is 0 Å². The second-order valence-corrected chi connectivity index (χ2v) is 8.51. The maximum atomic E-state index is 13.2. The van der Waals surface area contributed by atoms with Crippen molar-refractivity contribution < 1.29 is 9.59 Å². The minimum atomic E-state index is -0.546. The molecule has 0 aromatic carbocycles. The van der Waals surface area contributed by atoms with E-state index in [1.165, 1.54) is 17.3 Å². The molecule has 1 atom stereocenters. The molecule has 1 fully saturated rings. The fourth-order valence-corrected chi connectivity index (χ4v) is 3.96. The van der Waals surface area contributed by atoms with E-state index in [1.54, 1.807) is 18.3 Å². The van der Waals surface area contributed by atoms with E-state index < -0.39 is 6.04 Å². The van der Waals surface area contributed by atoms with Crippen LogP contribution in [0.5, 0.6) is 0 Å². The minimum Gasteiger partial charge on any atom is -0.340 e. The van der Waals surface area contributed by atoms with Crippen molar-refractivity contribution in [1.82, 2.24) is 24.8 Å². The molecule has 1 unspecified atom stereocenters. The maximum Gasteiger partial charge on any atom is 0.280 e. The highest BCUT2D eigenvalue weighted by atomic mass is 35.5. The van der Waals surface area contributed by atoms with Crippen LogP contribution in [0.15, 0.2) is 30.7 Å². The molecular weight excluding hydrogens is 392 g/mol. The van der Waals surface area contributed by atoms with E-state index in [4.69, 9.17) is 11.6 Å². The Bertz CT molecular complexity index is 948. The third kappa shape index (κ3) is 3.58. The molecule has 2 aliphatic heterocycles. The summed E-state index contributed by atoms with van der Waals surface area (Å²) in [6, 6.07) is 2.79. The van der Waals surface area contributed by atoms with Crippen LogP contribution in [0.3, 0.4) is 0 Å². The van der Waals surface area contributed by atoms with Crippen LogP contribution in [-0.4, -0.2) is 68.8 Å². The summed E-state index contributed by atoms with van der Waals surface area (Å²) in [4.78, 5) is 44.7. The predicted molar refractivity (Wildman–Crippen MR) is 109 cm³/mol. The van der Waals surface area contributed by atoms with Crippen molar-refractivity contribution in [3.8, 4) is 0 Å². The Balaban J connectivity index is 1.63. The van der Waals surface area contributed by atoms with Crippen molar-refractivity contribution in [2.75, 3.05) is 31.6 Å². The number of amides is 2. The van der Waals surface area contributed by atoms with Crippen molar-refractivity contribution in [3.05, 3.63) is 47.1 Å². The van der Waals surface area contributed by atoms with Crippen LogP contribution in [0.1, 0.15) is 42.5 Å². The molecule has 0 radical (unpaired) electrons. The topological polar surface area (TPSA) is 82.5 Å².